The van der Waals surface area contributed by atoms with E-state index in [2.05, 4.69) is 62.3 Å². The Kier molecular flexibility index (Phi) is 2.84. The molecule has 0 atom stereocenters. The van der Waals surface area contributed by atoms with Gasteiger partial charge in [-0.05, 0) is 25.5 Å². The van der Waals surface area contributed by atoms with E-state index in [9.17, 15) is 4.79 Å². The maximum absolute atomic E-state index is 13.3. The van der Waals surface area contributed by atoms with Gasteiger partial charge in [-0.25, -0.2) is 0 Å². The summed E-state index contributed by atoms with van der Waals surface area (Å²) in [6.07, 6.45) is 0. The first kappa shape index (κ1) is 15.6. The largest absolute Gasteiger partial charge is 0.327 e. The van der Waals surface area contributed by atoms with E-state index < -0.39 is 0 Å². The zero-order valence-corrected chi connectivity index (χ0v) is 15.9. The van der Waals surface area contributed by atoms with Crippen molar-refractivity contribution in [1.29, 1.82) is 0 Å². The molecule has 2 aromatic carbocycles. The van der Waals surface area contributed by atoms with Crippen molar-refractivity contribution in [3.05, 3.63) is 51.4 Å². The summed E-state index contributed by atoms with van der Waals surface area (Å²) < 4.78 is 2.48. The van der Waals surface area contributed by atoms with Gasteiger partial charge in [-0.1, -0.05) is 18.2 Å². The highest BCUT2D eigenvalue weighted by Crippen LogP contribution is 2.40. The number of hydrogen-bond acceptors (Lipinski definition) is 3. The number of quaternary nitrogens is 1. The predicted molar refractivity (Wildman–Crippen MR) is 106 cm³/mol. The number of benzene rings is 2. The second-order valence-corrected chi connectivity index (χ2v) is 8.37. The van der Waals surface area contributed by atoms with Gasteiger partial charge in [0.25, 0.3) is 5.56 Å². The highest BCUT2D eigenvalue weighted by Gasteiger charge is 2.31. The first-order chi connectivity index (χ1) is 12.3. The molecule has 5 heteroatoms. The molecule has 3 heterocycles. The van der Waals surface area contributed by atoms with Crippen molar-refractivity contribution < 1.29 is 4.48 Å². The van der Waals surface area contributed by atoms with E-state index in [1.807, 2.05) is 6.92 Å². The van der Waals surface area contributed by atoms with Gasteiger partial charge in [0.05, 0.1) is 36.4 Å². The molecule has 132 valence electrons. The summed E-state index contributed by atoms with van der Waals surface area (Å²) in [5, 5.41) is 8.67. The monoisotopic (exact) mass is 347 g/mol. The number of pyridine rings is 1. The van der Waals surface area contributed by atoms with E-state index in [0.717, 1.165) is 50.6 Å². The lowest BCUT2D eigenvalue weighted by Crippen LogP contribution is -2.50. The topological polar surface area (TPSA) is 37.6 Å². The van der Waals surface area contributed by atoms with Gasteiger partial charge in [-0.3, -0.25) is 4.79 Å². The second-order valence-electron chi connectivity index (χ2n) is 8.37. The highest BCUT2D eigenvalue weighted by atomic mass is 16.1. The van der Waals surface area contributed by atoms with Crippen LogP contribution < -0.4 is 10.5 Å². The number of anilines is 1. The van der Waals surface area contributed by atoms with Crippen LogP contribution in [0.2, 0.25) is 0 Å². The van der Waals surface area contributed by atoms with Crippen LogP contribution in [0.3, 0.4) is 0 Å². The molecule has 4 aromatic rings. The van der Waals surface area contributed by atoms with Crippen LogP contribution in [0.15, 0.2) is 29.1 Å². The fourth-order valence-electron chi connectivity index (χ4n) is 4.80. The summed E-state index contributed by atoms with van der Waals surface area (Å²) in [5.74, 6) is 0. The summed E-state index contributed by atoms with van der Waals surface area (Å²) in [6, 6.07) is 8.48. The van der Waals surface area contributed by atoms with Crippen molar-refractivity contribution in [1.82, 2.24) is 9.61 Å². The van der Waals surface area contributed by atoms with E-state index >= 15 is 0 Å². The van der Waals surface area contributed by atoms with Crippen LogP contribution >= 0.6 is 0 Å². The molecule has 0 bridgehead atoms. The molecule has 0 aliphatic carbocycles. The van der Waals surface area contributed by atoms with Crippen LogP contribution in [0, 0.1) is 13.8 Å². The molecule has 2 aromatic heterocycles. The molecule has 5 rings (SSSR count). The van der Waals surface area contributed by atoms with E-state index in [-0.39, 0.29) is 5.56 Å². The number of aryl methyl sites for hydroxylation is 2. The summed E-state index contributed by atoms with van der Waals surface area (Å²) >= 11 is 0. The normalized spacial score (nSPS) is 16.7. The SMILES string of the molecule is Cc1nn2c(=O)c3cc4c(c5cccc(c53)c2c1C)N(C)C[N+](C)(C)C4. The lowest BCUT2D eigenvalue weighted by Gasteiger charge is -2.41. The van der Waals surface area contributed by atoms with Gasteiger partial charge in [0.1, 0.15) is 6.54 Å². The van der Waals surface area contributed by atoms with Gasteiger partial charge in [0, 0.05) is 28.8 Å². The van der Waals surface area contributed by atoms with Crippen molar-refractivity contribution in [2.45, 2.75) is 20.4 Å². The maximum Gasteiger partial charge on any atom is 0.279 e. The quantitative estimate of drug-likeness (QED) is 0.459. The molecule has 0 saturated heterocycles. The van der Waals surface area contributed by atoms with Crippen LogP contribution in [0.1, 0.15) is 16.8 Å². The van der Waals surface area contributed by atoms with Crippen LogP contribution in [0.4, 0.5) is 5.69 Å². The van der Waals surface area contributed by atoms with Gasteiger partial charge in [-0.2, -0.15) is 9.61 Å². The second kappa shape index (κ2) is 4.74. The van der Waals surface area contributed by atoms with E-state index in [0.29, 0.717) is 0 Å². The number of fused-ring (bicyclic) bond motifs is 4. The third-order valence-electron chi connectivity index (χ3n) is 5.82. The van der Waals surface area contributed by atoms with Crippen molar-refractivity contribution in [3.8, 4) is 0 Å². The van der Waals surface area contributed by atoms with Gasteiger partial charge in [0.15, 0.2) is 6.67 Å². The van der Waals surface area contributed by atoms with E-state index in [1.165, 1.54) is 16.6 Å². The molecule has 26 heavy (non-hydrogen) atoms. The van der Waals surface area contributed by atoms with Gasteiger partial charge < -0.3 is 9.38 Å². The Morgan fingerprint density at radius 2 is 1.85 bits per heavy atom. The Bertz CT molecular complexity index is 1270. The predicted octanol–water partition coefficient (Wildman–Crippen LogP) is 3.04. The van der Waals surface area contributed by atoms with Gasteiger partial charge in [0.2, 0.25) is 0 Å². The highest BCUT2D eigenvalue weighted by molar-refractivity contribution is 6.19. The van der Waals surface area contributed by atoms with Crippen LogP contribution in [0.5, 0.6) is 0 Å². The fraction of sp³-hybridized carbons (Fsp3) is 0.333. The molecule has 0 fully saturated rings. The summed E-state index contributed by atoms with van der Waals surface area (Å²) in [6.45, 7) is 5.90. The Labute approximate surface area is 152 Å². The molecule has 1 aliphatic rings. The number of hydrogen-bond donors (Lipinski definition) is 0. The number of rotatable bonds is 0. The minimum Gasteiger partial charge on any atom is -0.327 e. The summed E-state index contributed by atoms with van der Waals surface area (Å²) in [7, 11) is 6.61. The molecule has 0 N–H and O–H groups in total. The van der Waals surface area contributed by atoms with Crippen molar-refractivity contribution in [2.75, 3.05) is 32.7 Å². The lowest BCUT2D eigenvalue weighted by molar-refractivity contribution is -0.904. The third kappa shape index (κ3) is 1.84. The minimum atomic E-state index is -0.0127. The average molecular weight is 347 g/mol. The Hall–Kier alpha value is -2.66. The van der Waals surface area contributed by atoms with E-state index in [1.54, 1.807) is 4.52 Å². The molecular weight excluding hydrogens is 324 g/mol. The molecule has 0 unspecified atom stereocenters. The van der Waals surface area contributed by atoms with Crippen LogP contribution in [-0.2, 0) is 6.54 Å². The zero-order chi connectivity index (χ0) is 18.4. The van der Waals surface area contributed by atoms with Gasteiger partial charge in [-0.15, -0.1) is 0 Å². The fourth-order valence-corrected chi connectivity index (χ4v) is 4.80. The third-order valence-corrected chi connectivity index (χ3v) is 5.82. The van der Waals surface area contributed by atoms with Crippen LogP contribution in [-0.4, -0.2) is 41.9 Å². The van der Waals surface area contributed by atoms with Crippen molar-refractivity contribution >= 4 is 32.7 Å². The van der Waals surface area contributed by atoms with Crippen LogP contribution in [0.25, 0.3) is 27.1 Å². The van der Waals surface area contributed by atoms with E-state index in [4.69, 9.17) is 0 Å². The molecule has 1 aliphatic heterocycles. The molecule has 0 radical (unpaired) electrons. The molecule has 0 amide bonds. The zero-order valence-electron chi connectivity index (χ0n) is 15.9. The maximum atomic E-state index is 13.3. The summed E-state index contributed by atoms with van der Waals surface area (Å²) in [5.41, 5.74) is 5.43. The smallest absolute Gasteiger partial charge is 0.279 e. The standard InChI is InChI=1S/C21H23N4O/c1-12-13(2)22-24-19(12)15-7-6-8-16-18(15)17(21(24)26)9-14-10-25(4,5)11-23(3)20(14)16/h6-9H,10-11H2,1-5H3/q+1. The molecular formula is C21H23N4O+. The average Bonchev–Trinajstić information content (AvgIpc) is 2.86. The lowest BCUT2D eigenvalue weighted by atomic mass is 9.94. The first-order valence-corrected chi connectivity index (χ1v) is 9.01. The first-order valence-electron chi connectivity index (χ1n) is 9.01. The molecule has 0 saturated carbocycles. The Morgan fingerprint density at radius 3 is 2.62 bits per heavy atom. The molecule has 5 nitrogen and oxygen atoms in total. The minimum absolute atomic E-state index is 0.0127. The number of aromatic nitrogens is 2. The van der Waals surface area contributed by atoms with Gasteiger partial charge >= 0.3 is 0 Å². The summed E-state index contributed by atoms with van der Waals surface area (Å²) in [4.78, 5) is 15.6. The molecule has 0 spiro atoms. The Morgan fingerprint density at radius 1 is 1.12 bits per heavy atom. The Balaban J connectivity index is 2.06. The van der Waals surface area contributed by atoms with Crippen molar-refractivity contribution in [3.63, 3.8) is 0 Å². The van der Waals surface area contributed by atoms with Crippen molar-refractivity contribution in [2.24, 2.45) is 0 Å². The number of nitrogens with zero attached hydrogens (tertiary/aromatic N) is 4.